The first kappa shape index (κ1) is 20.9. The van der Waals surface area contributed by atoms with Crippen molar-refractivity contribution in [1.29, 1.82) is 0 Å². The number of rotatable bonds is 15. The highest BCUT2D eigenvalue weighted by molar-refractivity contribution is 7.60. The lowest BCUT2D eigenvalue weighted by Crippen LogP contribution is -2.37. The lowest BCUT2D eigenvalue weighted by Gasteiger charge is -2.14. The van der Waals surface area contributed by atoms with Crippen LogP contribution in [-0.4, -0.2) is 35.9 Å². The molecule has 0 aliphatic carbocycles. The standard InChI is InChI=1S/C16H33Si4/c1-2-3-4-5-6-7-8-9-10-11-12-13-14-15-16-20(17,18)19/h2-16H2,1H3. The van der Waals surface area contributed by atoms with E-state index < -0.39 is 6.63 Å². The molecule has 0 aliphatic heterocycles. The second kappa shape index (κ2) is 14.8. The van der Waals surface area contributed by atoms with Crippen LogP contribution in [0, 0.1) is 0 Å². The van der Waals surface area contributed by atoms with Gasteiger partial charge in [-0.3, -0.25) is 0 Å². The summed E-state index contributed by atoms with van der Waals surface area (Å²) >= 11 is 0. The number of hydrogen-bond donors (Lipinski definition) is 0. The van der Waals surface area contributed by atoms with Gasteiger partial charge in [-0.1, -0.05) is 103 Å². The van der Waals surface area contributed by atoms with E-state index in [1.807, 2.05) is 0 Å². The molecule has 9 radical (unpaired) electrons. The van der Waals surface area contributed by atoms with E-state index in [-0.39, 0.29) is 0 Å². The first-order chi connectivity index (χ1) is 9.56. The highest BCUT2D eigenvalue weighted by Crippen LogP contribution is 2.14. The smallest absolute Gasteiger partial charge is 0.0115 e. The van der Waals surface area contributed by atoms with Gasteiger partial charge in [0.25, 0.3) is 0 Å². The van der Waals surface area contributed by atoms with E-state index in [2.05, 4.69) is 36.2 Å². The maximum absolute atomic E-state index is 3.73. The van der Waals surface area contributed by atoms with Crippen molar-refractivity contribution in [2.24, 2.45) is 0 Å². The minimum absolute atomic E-state index is 1.27. The van der Waals surface area contributed by atoms with Gasteiger partial charge in [-0.25, -0.2) is 0 Å². The molecule has 0 N–H and O–H groups in total. The Morgan fingerprint density at radius 3 is 1.10 bits per heavy atom. The molecule has 0 bridgehead atoms. The molecule has 113 valence electrons. The lowest BCUT2D eigenvalue weighted by molar-refractivity contribution is 0.538. The second-order valence-electron chi connectivity index (χ2n) is 6.25. The molecule has 0 aromatic carbocycles. The van der Waals surface area contributed by atoms with Crippen LogP contribution in [0.3, 0.4) is 0 Å². The second-order valence-corrected chi connectivity index (χ2v) is 20.7. The molecular formula is C16H33Si4. The van der Waals surface area contributed by atoms with Gasteiger partial charge in [0, 0.05) is 35.9 Å². The molecular weight excluding hydrogens is 305 g/mol. The predicted molar refractivity (Wildman–Crippen MR) is 98.1 cm³/mol. The molecule has 0 atom stereocenters. The topological polar surface area (TPSA) is 0 Å². The average Bonchev–Trinajstić information content (AvgIpc) is 2.38. The van der Waals surface area contributed by atoms with Crippen LogP contribution in [-0.2, 0) is 0 Å². The highest BCUT2D eigenvalue weighted by atomic mass is 29.8. The molecule has 0 aromatic rings. The van der Waals surface area contributed by atoms with Gasteiger partial charge in [0.2, 0.25) is 0 Å². The molecule has 0 nitrogen and oxygen atoms in total. The van der Waals surface area contributed by atoms with E-state index >= 15 is 0 Å². The number of hydrogen-bond acceptors (Lipinski definition) is 0. The van der Waals surface area contributed by atoms with Crippen LogP contribution in [0.15, 0.2) is 0 Å². The zero-order valence-electron chi connectivity index (χ0n) is 13.6. The fourth-order valence-corrected chi connectivity index (χ4v) is 4.96. The SMILES string of the molecule is CCCCCCCCCCCCCCCC[Si]([Si])([Si])[Si]. The van der Waals surface area contributed by atoms with Gasteiger partial charge in [-0.15, -0.1) is 0 Å². The Labute approximate surface area is 138 Å². The summed E-state index contributed by atoms with van der Waals surface area (Å²) in [5, 5.41) is 0. The summed E-state index contributed by atoms with van der Waals surface area (Å²) in [4.78, 5) is 0. The van der Waals surface area contributed by atoms with Crippen molar-refractivity contribution >= 4 is 35.9 Å². The van der Waals surface area contributed by atoms with Crippen LogP contribution in [0.4, 0.5) is 0 Å². The predicted octanol–water partition coefficient (Wildman–Crippen LogP) is 4.91. The maximum atomic E-state index is 3.73. The zero-order valence-corrected chi connectivity index (χ0v) is 17.6. The van der Waals surface area contributed by atoms with Crippen molar-refractivity contribution < 1.29 is 0 Å². The minimum atomic E-state index is -1.34. The lowest BCUT2D eigenvalue weighted by atomic mass is 10.0. The van der Waals surface area contributed by atoms with Gasteiger partial charge in [-0.05, 0) is 0 Å². The van der Waals surface area contributed by atoms with E-state index in [1.165, 1.54) is 95.9 Å². The largest absolute Gasteiger partial charge is 0.0654 e. The van der Waals surface area contributed by atoms with E-state index in [9.17, 15) is 0 Å². The molecule has 0 saturated heterocycles. The Hall–Kier alpha value is 0.868. The van der Waals surface area contributed by atoms with Gasteiger partial charge in [-0.2, -0.15) is 0 Å². The molecule has 0 saturated carbocycles. The molecule has 0 amide bonds. The van der Waals surface area contributed by atoms with E-state index in [0.717, 1.165) is 0 Å². The summed E-state index contributed by atoms with van der Waals surface area (Å²) in [7, 11) is 11.2. The van der Waals surface area contributed by atoms with Crippen LogP contribution in [0.25, 0.3) is 0 Å². The normalized spacial score (nSPS) is 12.0. The highest BCUT2D eigenvalue weighted by Gasteiger charge is 2.11. The van der Waals surface area contributed by atoms with Gasteiger partial charge < -0.3 is 0 Å². The molecule has 0 heterocycles. The van der Waals surface area contributed by atoms with E-state index in [0.29, 0.717) is 0 Å². The van der Waals surface area contributed by atoms with Gasteiger partial charge >= 0.3 is 0 Å². The minimum Gasteiger partial charge on any atom is -0.0654 e. The van der Waals surface area contributed by atoms with Crippen LogP contribution >= 0.6 is 0 Å². The molecule has 0 aromatic heterocycles. The molecule has 20 heavy (non-hydrogen) atoms. The summed E-state index contributed by atoms with van der Waals surface area (Å²) in [5.41, 5.74) is 0. The number of unbranched alkanes of at least 4 members (excludes halogenated alkanes) is 13. The van der Waals surface area contributed by atoms with Crippen LogP contribution in [0.2, 0.25) is 6.04 Å². The van der Waals surface area contributed by atoms with Crippen molar-refractivity contribution in [3.05, 3.63) is 0 Å². The van der Waals surface area contributed by atoms with Crippen molar-refractivity contribution in [1.82, 2.24) is 0 Å². The molecule has 4 heteroatoms. The Bertz CT molecular complexity index is 189. The van der Waals surface area contributed by atoms with Gasteiger partial charge in [0.05, 0.1) is 0 Å². The quantitative estimate of drug-likeness (QED) is 0.294. The summed E-state index contributed by atoms with van der Waals surface area (Å²) in [6, 6.07) is 1.27. The van der Waals surface area contributed by atoms with Gasteiger partial charge in [0.1, 0.15) is 0 Å². The zero-order chi connectivity index (χ0) is 15.1. The summed E-state index contributed by atoms with van der Waals surface area (Å²) in [6.45, 7) is 0.946. The average molecular weight is 338 g/mol. The van der Waals surface area contributed by atoms with E-state index in [4.69, 9.17) is 0 Å². The third-order valence-electron chi connectivity index (χ3n) is 3.91. The fraction of sp³-hybridized carbons (Fsp3) is 1.00. The van der Waals surface area contributed by atoms with Crippen molar-refractivity contribution in [2.75, 3.05) is 0 Å². The molecule has 0 rings (SSSR count). The van der Waals surface area contributed by atoms with Gasteiger partial charge in [0.15, 0.2) is 0 Å². The Morgan fingerprint density at radius 2 is 0.800 bits per heavy atom. The summed E-state index contributed by atoms with van der Waals surface area (Å²) in [5.74, 6) is 0. The third-order valence-corrected chi connectivity index (χ3v) is 7.26. The fourth-order valence-electron chi connectivity index (χ4n) is 2.58. The Balaban J connectivity index is 2.99. The summed E-state index contributed by atoms with van der Waals surface area (Å²) < 4.78 is 0. The monoisotopic (exact) mass is 337 g/mol. The maximum Gasteiger partial charge on any atom is 0.0115 e. The van der Waals surface area contributed by atoms with Crippen molar-refractivity contribution in [3.63, 3.8) is 0 Å². The summed E-state index contributed by atoms with van der Waals surface area (Å²) in [6.07, 6.45) is 20.1. The first-order valence-corrected chi connectivity index (χ1v) is 15.5. The Kier molecular flexibility index (Phi) is 15.4. The van der Waals surface area contributed by atoms with Crippen molar-refractivity contribution in [3.8, 4) is 0 Å². The Morgan fingerprint density at radius 1 is 0.500 bits per heavy atom. The first-order valence-electron chi connectivity index (χ1n) is 8.81. The molecule has 0 fully saturated rings. The van der Waals surface area contributed by atoms with Crippen LogP contribution in [0.5, 0.6) is 0 Å². The van der Waals surface area contributed by atoms with Crippen LogP contribution in [0.1, 0.15) is 96.8 Å². The van der Waals surface area contributed by atoms with Crippen LogP contribution < -0.4 is 0 Å². The van der Waals surface area contributed by atoms with E-state index in [1.54, 1.807) is 0 Å². The molecule has 0 spiro atoms. The third kappa shape index (κ3) is 18.9. The molecule has 0 aliphatic rings. The molecule has 0 unspecified atom stereocenters. The van der Waals surface area contributed by atoms with Crippen molar-refractivity contribution in [2.45, 2.75) is 103 Å².